The van der Waals surface area contributed by atoms with Gasteiger partial charge < -0.3 is 15.1 Å². The number of hydrogen-bond acceptors (Lipinski definition) is 4. The predicted octanol–water partition coefficient (Wildman–Crippen LogP) is 13.9. The summed E-state index contributed by atoms with van der Waals surface area (Å²) in [6.07, 6.45) is 7.10. The fourth-order valence-corrected chi connectivity index (χ4v) is 7.04. The molecule has 0 saturated carbocycles. The predicted molar refractivity (Wildman–Crippen MR) is 234 cm³/mol. The molecule has 0 atom stereocenters. The summed E-state index contributed by atoms with van der Waals surface area (Å²) in [5.74, 6) is 1.09. The van der Waals surface area contributed by atoms with Gasteiger partial charge in [0.05, 0.1) is 7.13 Å². The van der Waals surface area contributed by atoms with Gasteiger partial charge >= 0.3 is 0 Å². The Hall–Kier alpha value is -4.44. The van der Waals surface area contributed by atoms with Gasteiger partial charge in [0.25, 0.3) is 0 Å². The average molecular weight is 926 g/mol. The zero-order chi connectivity index (χ0) is 41.1. The van der Waals surface area contributed by atoms with Gasteiger partial charge in [0.15, 0.2) is 5.78 Å². The van der Waals surface area contributed by atoms with Gasteiger partial charge in [0.1, 0.15) is 0 Å². The number of hydrogen-bond donors (Lipinski definition) is 1. The molecular formula is C51H60IrN2O2-2. The first-order valence-electron chi connectivity index (χ1n) is 20.4. The molecule has 6 rings (SSSR count). The van der Waals surface area contributed by atoms with Gasteiger partial charge in [-0.05, 0) is 89.2 Å². The zero-order valence-electron chi connectivity index (χ0n) is 36.2. The molecule has 2 aromatic heterocycles. The number of rotatable bonds is 10. The number of fused-ring (bicyclic) bond motifs is 2. The minimum Gasteiger partial charge on any atom is -0.512 e. The maximum absolute atomic E-state index is 11.7. The number of allylic oxidation sites excluding steroid dienone is 2. The van der Waals surface area contributed by atoms with Crippen LogP contribution in [0.25, 0.3) is 44.1 Å². The van der Waals surface area contributed by atoms with Crippen LogP contribution in [0.5, 0.6) is 0 Å². The van der Waals surface area contributed by atoms with Crippen molar-refractivity contribution in [3.8, 4) is 22.5 Å². The molecule has 0 aliphatic rings. The Balaban J connectivity index is 0.000000231. The maximum Gasteiger partial charge on any atom is 0.162 e. The van der Waals surface area contributed by atoms with Crippen molar-refractivity contribution < 1.29 is 31.4 Å². The van der Waals surface area contributed by atoms with E-state index >= 15 is 0 Å². The van der Waals surface area contributed by atoms with Crippen molar-refractivity contribution in [2.75, 3.05) is 0 Å². The second-order valence-corrected chi connectivity index (χ2v) is 15.1. The van der Waals surface area contributed by atoms with Crippen molar-refractivity contribution >= 4 is 27.3 Å². The largest absolute Gasteiger partial charge is 0.512 e. The summed E-state index contributed by atoms with van der Waals surface area (Å²) in [6, 6.07) is 32.1. The molecular weight excluding hydrogens is 865 g/mol. The maximum atomic E-state index is 11.7. The summed E-state index contributed by atoms with van der Waals surface area (Å²) in [5, 5.41) is 14.3. The Labute approximate surface area is 351 Å². The summed E-state index contributed by atoms with van der Waals surface area (Å²) in [4.78, 5) is 20.7. The number of aliphatic hydroxyl groups excluding tert-OH is 1. The van der Waals surface area contributed by atoms with E-state index in [0.29, 0.717) is 12.1 Å². The monoisotopic (exact) mass is 926 g/mol. The van der Waals surface area contributed by atoms with Crippen LogP contribution >= 0.6 is 0 Å². The van der Waals surface area contributed by atoms with E-state index in [1.54, 1.807) is 0 Å². The van der Waals surface area contributed by atoms with Crippen molar-refractivity contribution in [1.29, 1.82) is 0 Å². The van der Waals surface area contributed by atoms with E-state index in [1.807, 2.05) is 46.9 Å². The molecule has 0 spiro atoms. The summed E-state index contributed by atoms with van der Waals surface area (Å²) in [6.45, 7) is 22.9. The first-order valence-corrected chi connectivity index (χ1v) is 19.9. The van der Waals surface area contributed by atoms with Gasteiger partial charge in [-0.2, -0.15) is 0 Å². The van der Waals surface area contributed by atoms with E-state index in [0.717, 1.165) is 70.1 Å². The van der Waals surface area contributed by atoms with Gasteiger partial charge in [-0.15, -0.1) is 69.8 Å². The van der Waals surface area contributed by atoms with Crippen LogP contribution in [0.1, 0.15) is 108 Å². The van der Waals surface area contributed by atoms with Crippen molar-refractivity contribution in [3.63, 3.8) is 0 Å². The Kier molecular flexibility index (Phi) is 17.2. The van der Waals surface area contributed by atoms with Crippen LogP contribution in [0.4, 0.5) is 0 Å². The SMILES string of the molecule is CCC(CC)C(=O)/C=C(\O)C(CC)CC.Cc1[c-]c(-c2nccc3cc(C(C)C)ccc23)cc(C)c1.[2H]c1cc2cc(C)ccc2c(-c2[c-]c(C)cc(C)c2)n1.[Ir]. The van der Waals surface area contributed by atoms with Crippen molar-refractivity contribution in [1.82, 2.24) is 9.97 Å². The minimum absolute atomic E-state index is 0. The van der Waals surface area contributed by atoms with E-state index in [9.17, 15) is 9.90 Å². The van der Waals surface area contributed by atoms with Crippen LogP contribution in [0, 0.1) is 58.6 Å². The van der Waals surface area contributed by atoms with E-state index in [1.165, 1.54) is 39.1 Å². The van der Waals surface area contributed by atoms with E-state index in [-0.39, 0.29) is 43.5 Å². The van der Waals surface area contributed by atoms with Crippen LogP contribution in [0.2, 0.25) is 0 Å². The Morgan fingerprint density at radius 2 is 1.20 bits per heavy atom. The van der Waals surface area contributed by atoms with Crippen molar-refractivity contribution in [3.05, 3.63) is 143 Å². The van der Waals surface area contributed by atoms with Gasteiger partial charge in [0.2, 0.25) is 0 Å². The van der Waals surface area contributed by atoms with Crippen LogP contribution in [-0.2, 0) is 24.9 Å². The van der Waals surface area contributed by atoms with Crippen LogP contribution in [0.3, 0.4) is 0 Å². The molecule has 0 fully saturated rings. The minimum atomic E-state index is 0. The first kappa shape index (κ1) is 44.3. The molecule has 0 amide bonds. The summed E-state index contributed by atoms with van der Waals surface area (Å²) < 4.78 is 7.92. The molecule has 0 aliphatic carbocycles. The Morgan fingerprint density at radius 1 is 0.679 bits per heavy atom. The molecule has 5 heteroatoms. The van der Waals surface area contributed by atoms with Gasteiger partial charge in [0, 0.05) is 50.4 Å². The van der Waals surface area contributed by atoms with Gasteiger partial charge in [-0.3, -0.25) is 4.79 Å². The summed E-state index contributed by atoms with van der Waals surface area (Å²) >= 11 is 0. The van der Waals surface area contributed by atoms with Gasteiger partial charge in [-0.25, -0.2) is 0 Å². The molecule has 0 unspecified atom stereocenters. The molecule has 0 bridgehead atoms. The Bertz CT molecular complexity index is 2260. The van der Waals surface area contributed by atoms with Crippen molar-refractivity contribution in [2.24, 2.45) is 11.8 Å². The second kappa shape index (κ2) is 21.8. The second-order valence-electron chi connectivity index (χ2n) is 15.1. The Morgan fingerprint density at radius 3 is 1.71 bits per heavy atom. The molecule has 56 heavy (non-hydrogen) atoms. The molecule has 2 heterocycles. The normalized spacial score (nSPS) is 11.5. The molecule has 0 saturated heterocycles. The van der Waals surface area contributed by atoms with Crippen LogP contribution in [-0.4, -0.2) is 20.9 Å². The number of aromatic nitrogens is 2. The number of pyridine rings is 2. The molecule has 4 nitrogen and oxygen atoms in total. The number of benzene rings is 4. The molecule has 0 aliphatic heterocycles. The third-order valence-electron chi connectivity index (χ3n) is 10.2. The number of aryl methyl sites for hydroxylation is 5. The summed E-state index contributed by atoms with van der Waals surface area (Å²) in [7, 11) is 0. The number of carbonyl (C=O) groups is 1. The number of ketones is 1. The molecule has 4 aromatic carbocycles. The zero-order valence-corrected chi connectivity index (χ0v) is 37.6. The fraction of sp³-hybridized carbons (Fsp3) is 0.353. The van der Waals surface area contributed by atoms with E-state index in [4.69, 9.17) is 1.37 Å². The quantitative estimate of drug-likeness (QED) is 0.0845. The molecule has 1 N–H and O–H groups in total. The van der Waals surface area contributed by atoms with Crippen LogP contribution in [0.15, 0.2) is 97.0 Å². The topological polar surface area (TPSA) is 63.1 Å². The molecule has 1 radical (unpaired) electrons. The first-order chi connectivity index (χ1) is 26.7. The van der Waals surface area contributed by atoms with Crippen LogP contribution < -0.4 is 0 Å². The standard InChI is InChI=1S/C20H20N.C18H16N.C13H24O2.Ir/c1-13(2)16-5-6-19-17(12-16)7-8-21-20(19)18-10-14(3)9-15(4)11-18;1-12-4-5-17-15(9-12)6-7-19-18(17)16-10-13(2)8-14(3)11-16;1-5-10(6-2)12(14)9-13(15)11(7-3)8-4;/h5-10,12-13H,1-4H3;4-10H,1-3H3;9-11,14H,5-8H2,1-4H3;/q2*-1;;/b;;12-9-;/i;7D;;. The third-order valence-corrected chi connectivity index (χ3v) is 10.2. The average Bonchev–Trinajstić information content (AvgIpc) is 3.14. The van der Waals surface area contributed by atoms with E-state index < -0.39 is 0 Å². The number of aliphatic hydroxyl groups is 1. The summed E-state index contributed by atoms with van der Waals surface area (Å²) in [5.41, 5.74) is 11.2. The smallest absolute Gasteiger partial charge is 0.162 e. The number of nitrogens with zero attached hydrogens (tertiary/aromatic N) is 2. The van der Waals surface area contributed by atoms with E-state index in [2.05, 4.69) is 130 Å². The number of carbonyl (C=O) groups excluding carboxylic acids is 1. The third kappa shape index (κ3) is 12.3. The molecule has 6 aromatic rings. The van der Waals surface area contributed by atoms with Gasteiger partial charge in [-0.1, -0.05) is 111 Å². The van der Waals surface area contributed by atoms with Crippen molar-refractivity contribution in [2.45, 2.75) is 108 Å². The fourth-order valence-electron chi connectivity index (χ4n) is 7.04. The molecule has 297 valence electrons.